The largest absolute Gasteiger partial charge is 0.384 e. The molecule has 0 bridgehead atoms. The Morgan fingerprint density at radius 1 is 1.24 bits per heavy atom. The number of nitrogens with zero attached hydrogens (tertiary/aromatic N) is 2. The van der Waals surface area contributed by atoms with Crippen molar-refractivity contribution in [3.8, 4) is 0 Å². The normalized spacial score (nSPS) is 26.1. The lowest BCUT2D eigenvalue weighted by Crippen LogP contribution is -2.23. The summed E-state index contributed by atoms with van der Waals surface area (Å²) in [4.78, 5) is 4.57. The predicted molar refractivity (Wildman–Crippen MR) is 72.0 cm³/mol. The lowest BCUT2D eigenvalue weighted by Gasteiger charge is -2.26. The van der Waals surface area contributed by atoms with Crippen LogP contribution in [0.4, 0.5) is 5.82 Å². The Morgan fingerprint density at radius 2 is 1.82 bits per heavy atom. The van der Waals surface area contributed by atoms with Crippen LogP contribution in [0.1, 0.15) is 65.0 Å². The van der Waals surface area contributed by atoms with Gasteiger partial charge in [-0.05, 0) is 39.5 Å². The van der Waals surface area contributed by atoms with Crippen LogP contribution in [0.25, 0.3) is 0 Å². The molecule has 0 aromatic carbocycles. The minimum Gasteiger partial charge on any atom is -0.384 e. The fraction of sp³-hybridized carbons (Fsp3) is 0.786. The van der Waals surface area contributed by atoms with Crippen LogP contribution in [0.15, 0.2) is 6.33 Å². The summed E-state index contributed by atoms with van der Waals surface area (Å²) in [5, 5.41) is 0. The van der Waals surface area contributed by atoms with E-state index in [1.807, 2.05) is 6.33 Å². The van der Waals surface area contributed by atoms with Crippen molar-refractivity contribution in [1.82, 2.24) is 9.55 Å². The molecule has 1 aromatic rings. The molecule has 1 saturated carbocycles. The molecule has 1 aliphatic rings. The first-order valence-electron chi connectivity index (χ1n) is 6.72. The van der Waals surface area contributed by atoms with Gasteiger partial charge in [0.2, 0.25) is 0 Å². The highest BCUT2D eigenvalue weighted by atomic mass is 15.2. The molecular formula is C14H25N3. The minimum absolute atomic E-state index is 0.0251. The maximum absolute atomic E-state index is 6.26. The molecule has 0 amide bonds. The van der Waals surface area contributed by atoms with Gasteiger partial charge in [0.1, 0.15) is 5.82 Å². The lowest BCUT2D eigenvalue weighted by molar-refractivity contribution is 0.344. The summed E-state index contributed by atoms with van der Waals surface area (Å²) in [6.45, 7) is 8.83. The van der Waals surface area contributed by atoms with Crippen LogP contribution in [0, 0.1) is 5.92 Å². The molecule has 0 radical (unpaired) electrons. The third-order valence-corrected chi connectivity index (χ3v) is 3.96. The molecule has 1 fully saturated rings. The van der Waals surface area contributed by atoms with Gasteiger partial charge in [-0.2, -0.15) is 0 Å². The molecule has 0 aliphatic heterocycles. The van der Waals surface area contributed by atoms with E-state index < -0.39 is 0 Å². The first-order valence-corrected chi connectivity index (χ1v) is 6.72. The Morgan fingerprint density at radius 3 is 2.29 bits per heavy atom. The second kappa shape index (κ2) is 4.35. The molecule has 3 nitrogen and oxygen atoms in total. The second-order valence-corrected chi connectivity index (χ2v) is 6.51. The topological polar surface area (TPSA) is 43.8 Å². The van der Waals surface area contributed by atoms with E-state index in [1.54, 1.807) is 0 Å². The number of imidazole rings is 1. The predicted octanol–water partition coefficient (Wildman–Crippen LogP) is 3.51. The molecule has 3 heteroatoms. The highest BCUT2D eigenvalue weighted by molar-refractivity contribution is 5.39. The summed E-state index contributed by atoms with van der Waals surface area (Å²) in [5.41, 5.74) is 7.41. The SMILES string of the molecule is CC1CCC(c2ncn(C(C)(C)C)c2N)CC1. The summed E-state index contributed by atoms with van der Waals surface area (Å²) >= 11 is 0. The van der Waals surface area contributed by atoms with Crippen LogP contribution < -0.4 is 5.73 Å². The van der Waals surface area contributed by atoms with E-state index >= 15 is 0 Å². The van der Waals surface area contributed by atoms with Crippen LogP contribution in [0.3, 0.4) is 0 Å². The second-order valence-electron chi connectivity index (χ2n) is 6.51. The highest BCUT2D eigenvalue weighted by Gasteiger charge is 2.26. The third kappa shape index (κ3) is 2.48. The molecule has 0 saturated heterocycles. The molecule has 2 rings (SSSR count). The van der Waals surface area contributed by atoms with Crippen LogP contribution >= 0.6 is 0 Å². The van der Waals surface area contributed by atoms with Crippen LogP contribution in [0.5, 0.6) is 0 Å². The van der Waals surface area contributed by atoms with Crippen molar-refractivity contribution in [2.24, 2.45) is 5.92 Å². The molecular weight excluding hydrogens is 210 g/mol. The number of rotatable bonds is 1. The van der Waals surface area contributed by atoms with E-state index in [0.29, 0.717) is 5.92 Å². The number of nitrogen functional groups attached to an aromatic ring is 1. The molecule has 96 valence electrons. The summed E-state index contributed by atoms with van der Waals surface area (Å²) in [7, 11) is 0. The van der Waals surface area contributed by atoms with E-state index in [4.69, 9.17) is 5.73 Å². The van der Waals surface area contributed by atoms with Gasteiger partial charge in [-0.15, -0.1) is 0 Å². The fourth-order valence-electron chi connectivity index (χ4n) is 2.75. The average Bonchev–Trinajstić information content (AvgIpc) is 2.61. The average molecular weight is 235 g/mol. The zero-order chi connectivity index (χ0) is 12.6. The van der Waals surface area contributed by atoms with Crippen molar-refractivity contribution >= 4 is 5.82 Å². The van der Waals surface area contributed by atoms with Gasteiger partial charge in [0.05, 0.1) is 12.0 Å². The van der Waals surface area contributed by atoms with Gasteiger partial charge < -0.3 is 10.3 Å². The van der Waals surface area contributed by atoms with Gasteiger partial charge in [0, 0.05) is 11.5 Å². The fourth-order valence-corrected chi connectivity index (χ4v) is 2.75. The Hall–Kier alpha value is -0.990. The number of hydrogen-bond acceptors (Lipinski definition) is 2. The number of aromatic nitrogens is 2. The van der Waals surface area contributed by atoms with Crippen LogP contribution in [0.2, 0.25) is 0 Å². The van der Waals surface area contributed by atoms with Crippen LogP contribution in [-0.4, -0.2) is 9.55 Å². The minimum atomic E-state index is 0.0251. The van der Waals surface area contributed by atoms with Crippen molar-refractivity contribution in [2.75, 3.05) is 5.73 Å². The van der Waals surface area contributed by atoms with Crippen molar-refractivity contribution in [3.63, 3.8) is 0 Å². The Bertz CT molecular complexity index is 379. The highest BCUT2D eigenvalue weighted by Crippen LogP contribution is 2.37. The number of nitrogens with two attached hydrogens (primary N) is 1. The van der Waals surface area contributed by atoms with Crippen molar-refractivity contribution in [2.45, 2.75) is 64.8 Å². The standard InChI is InChI=1S/C14H25N3/c1-10-5-7-11(8-6-10)12-13(15)17(9-16-12)14(2,3)4/h9-11H,5-8,15H2,1-4H3. The Kier molecular flexibility index (Phi) is 3.19. The summed E-state index contributed by atoms with van der Waals surface area (Å²) in [5.74, 6) is 2.32. The summed E-state index contributed by atoms with van der Waals surface area (Å²) in [6, 6.07) is 0. The number of hydrogen-bond donors (Lipinski definition) is 1. The van der Waals surface area contributed by atoms with Crippen molar-refractivity contribution < 1.29 is 0 Å². The molecule has 17 heavy (non-hydrogen) atoms. The molecule has 0 spiro atoms. The van der Waals surface area contributed by atoms with Crippen molar-refractivity contribution in [1.29, 1.82) is 0 Å². The lowest BCUT2D eigenvalue weighted by atomic mass is 9.81. The molecule has 1 heterocycles. The van der Waals surface area contributed by atoms with E-state index in [1.165, 1.54) is 25.7 Å². The summed E-state index contributed by atoms with van der Waals surface area (Å²) in [6.07, 6.45) is 7.01. The maximum atomic E-state index is 6.26. The van der Waals surface area contributed by atoms with Gasteiger partial charge in [0.15, 0.2) is 0 Å². The smallest absolute Gasteiger partial charge is 0.127 e. The molecule has 0 unspecified atom stereocenters. The maximum Gasteiger partial charge on any atom is 0.127 e. The molecule has 1 aromatic heterocycles. The molecule has 0 atom stereocenters. The van der Waals surface area contributed by atoms with Gasteiger partial charge in [0.25, 0.3) is 0 Å². The van der Waals surface area contributed by atoms with Gasteiger partial charge in [-0.1, -0.05) is 19.8 Å². The summed E-state index contributed by atoms with van der Waals surface area (Å²) < 4.78 is 2.10. The van der Waals surface area contributed by atoms with E-state index in [9.17, 15) is 0 Å². The Labute approximate surface area is 104 Å². The first-order chi connectivity index (χ1) is 7.89. The van der Waals surface area contributed by atoms with E-state index in [0.717, 1.165) is 17.4 Å². The van der Waals surface area contributed by atoms with E-state index in [-0.39, 0.29) is 5.54 Å². The molecule has 2 N–H and O–H groups in total. The quantitative estimate of drug-likeness (QED) is 0.809. The molecule has 1 aliphatic carbocycles. The third-order valence-electron chi connectivity index (χ3n) is 3.96. The van der Waals surface area contributed by atoms with E-state index in [2.05, 4.69) is 37.2 Å². The van der Waals surface area contributed by atoms with Crippen molar-refractivity contribution in [3.05, 3.63) is 12.0 Å². The van der Waals surface area contributed by atoms with Crippen LogP contribution in [-0.2, 0) is 5.54 Å². The van der Waals surface area contributed by atoms with Gasteiger partial charge in [-0.25, -0.2) is 4.98 Å². The zero-order valence-electron chi connectivity index (χ0n) is 11.5. The first kappa shape index (κ1) is 12.5. The Balaban J connectivity index is 2.20. The number of anilines is 1. The monoisotopic (exact) mass is 235 g/mol. The van der Waals surface area contributed by atoms with Gasteiger partial charge in [-0.3, -0.25) is 0 Å². The van der Waals surface area contributed by atoms with Gasteiger partial charge >= 0.3 is 0 Å². The zero-order valence-corrected chi connectivity index (χ0v) is 11.5.